The molecule has 1 aliphatic rings. The summed E-state index contributed by atoms with van der Waals surface area (Å²) in [7, 11) is 2.61. The first kappa shape index (κ1) is 23.6. The van der Waals surface area contributed by atoms with Crippen LogP contribution in [0.25, 0.3) is 6.08 Å². The van der Waals surface area contributed by atoms with Gasteiger partial charge in [-0.25, -0.2) is 9.59 Å². The number of esters is 2. The van der Waals surface area contributed by atoms with Gasteiger partial charge in [-0.05, 0) is 49.4 Å². The average Bonchev–Trinajstić information content (AvgIpc) is 2.98. The Morgan fingerprint density at radius 3 is 2.57 bits per heavy atom. The number of halogens is 1. The van der Waals surface area contributed by atoms with E-state index in [1.165, 1.54) is 39.4 Å². The number of rotatable bonds is 8. The molecule has 1 atom stereocenters. The van der Waals surface area contributed by atoms with Gasteiger partial charge in [0.05, 0.1) is 30.8 Å². The fourth-order valence-corrected chi connectivity index (χ4v) is 3.67. The van der Waals surface area contributed by atoms with Gasteiger partial charge in [0, 0.05) is 0 Å². The number of ether oxygens (including phenoxy) is 4. The lowest BCUT2D eigenvalue weighted by molar-refractivity contribution is -0.150. The molecule has 30 heavy (non-hydrogen) atoms. The molecule has 0 bridgehead atoms. The van der Waals surface area contributed by atoms with Crippen molar-refractivity contribution in [1.82, 2.24) is 4.90 Å². The lowest BCUT2D eigenvalue weighted by Gasteiger charge is -2.19. The highest BCUT2D eigenvalue weighted by atomic mass is 35.5. The van der Waals surface area contributed by atoms with E-state index in [1.54, 1.807) is 6.92 Å². The summed E-state index contributed by atoms with van der Waals surface area (Å²) in [5.41, 5.74) is 0.455. The van der Waals surface area contributed by atoms with Crippen molar-refractivity contribution in [2.24, 2.45) is 0 Å². The third-order valence-corrected chi connectivity index (χ3v) is 5.11. The second-order valence-corrected chi connectivity index (χ2v) is 7.28. The van der Waals surface area contributed by atoms with E-state index in [0.717, 1.165) is 4.90 Å². The fourth-order valence-electron chi connectivity index (χ4n) is 2.49. The Morgan fingerprint density at radius 2 is 1.97 bits per heavy atom. The molecule has 9 nitrogen and oxygen atoms in total. The van der Waals surface area contributed by atoms with Gasteiger partial charge < -0.3 is 18.9 Å². The van der Waals surface area contributed by atoms with Gasteiger partial charge in [-0.2, -0.15) is 0 Å². The Kier molecular flexibility index (Phi) is 8.13. The van der Waals surface area contributed by atoms with Crippen LogP contribution in [0.3, 0.4) is 0 Å². The zero-order valence-electron chi connectivity index (χ0n) is 16.7. The molecule has 11 heteroatoms. The third kappa shape index (κ3) is 5.25. The van der Waals surface area contributed by atoms with Crippen LogP contribution in [0.4, 0.5) is 4.79 Å². The van der Waals surface area contributed by atoms with Crippen LogP contribution in [0.1, 0.15) is 19.4 Å². The van der Waals surface area contributed by atoms with Crippen LogP contribution < -0.4 is 9.47 Å². The monoisotopic (exact) mass is 457 g/mol. The van der Waals surface area contributed by atoms with E-state index in [4.69, 9.17) is 25.8 Å². The molecule has 1 fully saturated rings. The van der Waals surface area contributed by atoms with E-state index in [2.05, 4.69) is 4.74 Å². The molecule has 0 saturated carbocycles. The fraction of sp³-hybridized carbons (Fsp3) is 0.368. The topological polar surface area (TPSA) is 108 Å². The maximum atomic E-state index is 12.7. The molecule has 1 heterocycles. The zero-order chi connectivity index (χ0) is 22.4. The van der Waals surface area contributed by atoms with Crippen LogP contribution in [-0.2, 0) is 23.9 Å². The first-order valence-electron chi connectivity index (χ1n) is 8.74. The lowest BCUT2D eigenvalue weighted by Crippen LogP contribution is -2.42. The number of carbonyl (C=O) groups is 4. The molecule has 0 spiro atoms. The van der Waals surface area contributed by atoms with E-state index in [0.29, 0.717) is 17.3 Å². The Hall–Kier alpha value is -2.72. The van der Waals surface area contributed by atoms with Gasteiger partial charge in [0.1, 0.15) is 6.04 Å². The van der Waals surface area contributed by atoms with Crippen LogP contribution in [0.5, 0.6) is 11.5 Å². The molecule has 0 radical (unpaired) electrons. The normalized spacial score (nSPS) is 15.9. The second kappa shape index (κ2) is 10.4. The van der Waals surface area contributed by atoms with E-state index < -0.39 is 29.1 Å². The predicted octanol–water partition coefficient (Wildman–Crippen LogP) is 2.89. The predicted molar refractivity (Wildman–Crippen MR) is 109 cm³/mol. The van der Waals surface area contributed by atoms with E-state index in [-0.39, 0.29) is 34.6 Å². The number of hydrogen-bond acceptors (Lipinski definition) is 9. The smallest absolute Gasteiger partial charge is 0.343 e. The molecule has 162 valence electrons. The van der Waals surface area contributed by atoms with Crippen molar-refractivity contribution in [3.63, 3.8) is 0 Å². The van der Waals surface area contributed by atoms with Crippen molar-refractivity contribution in [2.75, 3.05) is 27.4 Å². The summed E-state index contributed by atoms with van der Waals surface area (Å²) in [5.74, 6) is -1.53. The summed E-state index contributed by atoms with van der Waals surface area (Å²) in [6.07, 6.45) is 1.45. The van der Waals surface area contributed by atoms with Crippen molar-refractivity contribution in [1.29, 1.82) is 0 Å². The van der Waals surface area contributed by atoms with Crippen molar-refractivity contribution >= 4 is 52.5 Å². The molecule has 2 rings (SSSR count). The van der Waals surface area contributed by atoms with Crippen molar-refractivity contribution in [3.8, 4) is 11.5 Å². The number of nitrogens with zero attached hydrogens (tertiary/aromatic N) is 1. The summed E-state index contributed by atoms with van der Waals surface area (Å²) >= 11 is 6.92. The van der Waals surface area contributed by atoms with Crippen LogP contribution in [-0.4, -0.2) is 61.5 Å². The number of methoxy groups -OCH3 is 2. The molecule has 0 aliphatic carbocycles. The van der Waals surface area contributed by atoms with E-state index in [9.17, 15) is 19.2 Å². The highest BCUT2D eigenvalue weighted by molar-refractivity contribution is 8.18. The average molecular weight is 458 g/mol. The Balaban J connectivity index is 2.29. The number of carbonyl (C=O) groups excluding carboxylic acids is 4. The van der Waals surface area contributed by atoms with Crippen LogP contribution >= 0.6 is 23.4 Å². The number of hydrogen-bond donors (Lipinski definition) is 0. The molecular weight excluding hydrogens is 438 g/mol. The van der Waals surface area contributed by atoms with E-state index in [1.807, 2.05) is 0 Å². The maximum absolute atomic E-state index is 12.7. The van der Waals surface area contributed by atoms with Gasteiger partial charge in [-0.1, -0.05) is 11.6 Å². The lowest BCUT2D eigenvalue weighted by atomic mass is 10.1. The number of thioether (sulfide) groups is 1. The van der Waals surface area contributed by atoms with E-state index >= 15 is 0 Å². The molecule has 0 unspecified atom stereocenters. The first-order valence-corrected chi connectivity index (χ1v) is 9.93. The second-order valence-electron chi connectivity index (χ2n) is 5.88. The van der Waals surface area contributed by atoms with Crippen LogP contribution in [0.2, 0.25) is 5.02 Å². The molecule has 2 amide bonds. The standard InChI is InChI=1S/C19H20ClNO8S/c1-5-28-18(24)10(2)21-17(23)14(30-19(21)25)8-11-6-12(20)16(13(7-11)26-3)29-9-15(22)27-4/h6-8,10H,5,9H2,1-4H3/b14-8+/t10-/m0/s1. The third-order valence-electron chi connectivity index (χ3n) is 3.95. The summed E-state index contributed by atoms with van der Waals surface area (Å²) in [6, 6.07) is 1.97. The van der Waals surface area contributed by atoms with Crippen molar-refractivity contribution < 1.29 is 38.1 Å². The molecule has 1 aliphatic heterocycles. The summed E-state index contributed by atoms with van der Waals surface area (Å²) in [6.45, 7) is 2.83. The highest BCUT2D eigenvalue weighted by Gasteiger charge is 2.41. The van der Waals surface area contributed by atoms with Gasteiger partial charge in [-0.15, -0.1) is 0 Å². The number of imide groups is 1. The highest BCUT2D eigenvalue weighted by Crippen LogP contribution is 2.39. The van der Waals surface area contributed by atoms with Gasteiger partial charge in [0.25, 0.3) is 11.1 Å². The molecule has 1 aromatic rings. The minimum absolute atomic E-state index is 0.109. The molecule has 0 N–H and O–H groups in total. The Bertz CT molecular complexity index is 901. The SMILES string of the molecule is CCOC(=O)[C@H](C)N1C(=O)S/C(=C/c2cc(Cl)c(OCC(=O)OC)c(OC)c2)C1=O. The summed E-state index contributed by atoms with van der Waals surface area (Å²) in [5, 5.41) is -0.452. The molecule has 1 saturated heterocycles. The Morgan fingerprint density at radius 1 is 1.27 bits per heavy atom. The van der Waals surface area contributed by atoms with Gasteiger partial charge >= 0.3 is 11.9 Å². The molecule has 1 aromatic carbocycles. The Labute approximate surface area is 182 Å². The van der Waals surface area contributed by atoms with Gasteiger partial charge in [0.2, 0.25) is 0 Å². The molecular formula is C19H20ClNO8S. The minimum atomic E-state index is -1.05. The van der Waals surface area contributed by atoms with Gasteiger partial charge in [0.15, 0.2) is 18.1 Å². The number of benzene rings is 1. The van der Waals surface area contributed by atoms with Crippen LogP contribution in [0.15, 0.2) is 17.0 Å². The summed E-state index contributed by atoms with van der Waals surface area (Å²) < 4.78 is 20.0. The number of amides is 2. The van der Waals surface area contributed by atoms with Crippen molar-refractivity contribution in [3.05, 3.63) is 27.6 Å². The van der Waals surface area contributed by atoms with Crippen LogP contribution in [0, 0.1) is 0 Å². The quantitative estimate of drug-likeness (QED) is 0.430. The minimum Gasteiger partial charge on any atom is -0.493 e. The molecule has 0 aromatic heterocycles. The first-order chi connectivity index (χ1) is 14.2. The zero-order valence-corrected chi connectivity index (χ0v) is 18.3. The summed E-state index contributed by atoms with van der Waals surface area (Å²) in [4.78, 5) is 49.1. The van der Waals surface area contributed by atoms with Gasteiger partial charge in [-0.3, -0.25) is 14.5 Å². The maximum Gasteiger partial charge on any atom is 0.343 e. The largest absolute Gasteiger partial charge is 0.493 e. The van der Waals surface area contributed by atoms with Crippen molar-refractivity contribution in [2.45, 2.75) is 19.9 Å².